The average molecular weight is 549 g/mol. The summed E-state index contributed by atoms with van der Waals surface area (Å²) in [7, 11) is 0. The van der Waals surface area contributed by atoms with E-state index in [9.17, 15) is 4.79 Å². The largest absolute Gasteiger partial charge is 0.489 e. The second-order valence-corrected chi connectivity index (χ2v) is 8.44. The van der Waals surface area contributed by atoms with E-state index in [1.165, 1.54) is 0 Å². The summed E-state index contributed by atoms with van der Waals surface area (Å²) >= 11 is 0. The Hall–Kier alpha value is -2.89. The van der Waals surface area contributed by atoms with Crippen LogP contribution in [0.4, 0.5) is 11.4 Å². The van der Waals surface area contributed by atoms with Crippen LogP contribution in [0.3, 0.4) is 0 Å². The molecule has 0 fully saturated rings. The van der Waals surface area contributed by atoms with E-state index in [4.69, 9.17) is 38.9 Å². The van der Waals surface area contributed by atoms with E-state index >= 15 is 0 Å². The van der Waals surface area contributed by atoms with Crippen molar-refractivity contribution in [1.82, 2.24) is 0 Å². The van der Waals surface area contributed by atoms with E-state index in [1.54, 1.807) is 18.2 Å². The van der Waals surface area contributed by atoms with E-state index in [2.05, 4.69) is 12.2 Å². The molecule has 0 spiro atoms. The van der Waals surface area contributed by atoms with Crippen LogP contribution in [0.25, 0.3) is 0 Å². The van der Waals surface area contributed by atoms with Gasteiger partial charge >= 0.3 is 5.97 Å². The number of hydrogen-bond acceptors (Lipinski definition) is 10. The van der Waals surface area contributed by atoms with Crippen LogP contribution < -0.4 is 15.8 Å². The van der Waals surface area contributed by atoms with Gasteiger partial charge in [0.05, 0.1) is 77.3 Å². The molecule has 0 amide bonds. The number of benzene rings is 2. The first-order chi connectivity index (χ1) is 19.2. The molecule has 3 N–H and O–H groups in total. The lowest BCUT2D eigenvalue weighted by atomic mass is 10.2. The lowest BCUT2D eigenvalue weighted by molar-refractivity contribution is -0.0163. The first-order valence-corrected chi connectivity index (χ1v) is 13.6. The summed E-state index contributed by atoms with van der Waals surface area (Å²) in [6.45, 7) is 8.24. The summed E-state index contributed by atoms with van der Waals surface area (Å²) < 4.78 is 38.0. The third kappa shape index (κ3) is 16.0. The molecule has 39 heavy (non-hydrogen) atoms. The molecule has 0 unspecified atom stereocenters. The van der Waals surface area contributed by atoms with Crippen LogP contribution >= 0.6 is 0 Å². The van der Waals surface area contributed by atoms with Gasteiger partial charge in [-0.25, -0.2) is 4.79 Å². The van der Waals surface area contributed by atoms with Gasteiger partial charge in [0.2, 0.25) is 0 Å². The molecule has 218 valence electrons. The number of rotatable bonds is 24. The number of carbonyl (C=O) groups is 1. The minimum absolute atomic E-state index is 0.195. The highest BCUT2D eigenvalue weighted by Gasteiger charge is 2.06. The van der Waals surface area contributed by atoms with Crippen LogP contribution in [0.1, 0.15) is 30.1 Å². The van der Waals surface area contributed by atoms with Gasteiger partial charge in [-0.05, 0) is 42.8 Å². The van der Waals surface area contributed by atoms with Crippen molar-refractivity contribution in [1.29, 1.82) is 0 Å². The third-order valence-corrected chi connectivity index (χ3v) is 5.33. The van der Waals surface area contributed by atoms with Gasteiger partial charge in [-0.1, -0.05) is 25.5 Å². The molecule has 0 aliphatic carbocycles. The van der Waals surface area contributed by atoms with Gasteiger partial charge in [0.1, 0.15) is 19.0 Å². The maximum atomic E-state index is 12.1. The van der Waals surface area contributed by atoms with Crippen molar-refractivity contribution in [3.8, 4) is 5.75 Å². The Kier molecular flexibility index (Phi) is 18.2. The number of nitrogens with one attached hydrogen (secondary N) is 1. The first kappa shape index (κ1) is 32.3. The van der Waals surface area contributed by atoms with Gasteiger partial charge in [0, 0.05) is 12.2 Å². The number of anilines is 2. The molecule has 10 heteroatoms. The lowest BCUT2D eigenvalue weighted by Gasteiger charge is -2.10. The standard InChI is InChI=1S/C29H44N2O8/c1-2-3-12-31-26-10-8-25(9-11-26)29(32)39-24-22-37-20-18-35-16-14-33-13-15-34-17-19-36-21-23-38-28-7-5-4-6-27(28)30/h4-11,31H,2-3,12-24,30H2,1H3. The number of hydrogen-bond donors (Lipinski definition) is 2. The Morgan fingerprint density at radius 1 is 0.692 bits per heavy atom. The highest BCUT2D eigenvalue weighted by molar-refractivity contribution is 5.89. The number of nitrogens with two attached hydrogens (primary N) is 1. The average Bonchev–Trinajstić information content (AvgIpc) is 2.95. The number of esters is 1. The van der Waals surface area contributed by atoms with Gasteiger partial charge in [-0.15, -0.1) is 0 Å². The second kappa shape index (κ2) is 22.0. The normalized spacial score (nSPS) is 10.9. The lowest BCUT2D eigenvalue weighted by Crippen LogP contribution is -2.15. The van der Waals surface area contributed by atoms with Crippen molar-refractivity contribution in [3.63, 3.8) is 0 Å². The molecule has 0 aliphatic rings. The molecule has 2 rings (SSSR count). The molecule has 0 radical (unpaired) electrons. The fourth-order valence-electron chi connectivity index (χ4n) is 3.21. The molecule has 10 nitrogen and oxygen atoms in total. The van der Waals surface area contributed by atoms with Crippen molar-refractivity contribution in [2.75, 3.05) is 96.9 Å². The Labute approximate surface area is 232 Å². The summed E-state index contributed by atoms with van der Waals surface area (Å²) in [6.07, 6.45) is 2.25. The maximum absolute atomic E-state index is 12.1. The van der Waals surface area contributed by atoms with Crippen LogP contribution in [-0.4, -0.2) is 91.8 Å². The quantitative estimate of drug-likeness (QED) is 0.114. The van der Waals surface area contributed by atoms with Gasteiger partial charge in [0.25, 0.3) is 0 Å². The number of ether oxygens (including phenoxy) is 7. The second-order valence-electron chi connectivity index (χ2n) is 8.44. The predicted octanol–water partition coefficient (Wildman–Crippen LogP) is 3.80. The molecular weight excluding hydrogens is 504 g/mol. The van der Waals surface area contributed by atoms with E-state index in [0.717, 1.165) is 25.1 Å². The molecule has 0 aromatic heterocycles. The molecule has 0 atom stereocenters. The monoisotopic (exact) mass is 548 g/mol. The summed E-state index contributed by atoms with van der Waals surface area (Å²) in [4.78, 5) is 12.1. The topological polar surface area (TPSA) is 120 Å². The molecule has 0 saturated carbocycles. The molecule has 2 aromatic carbocycles. The van der Waals surface area contributed by atoms with Crippen molar-refractivity contribution in [2.45, 2.75) is 19.8 Å². The van der Waals surface area contributed by atoms with Gasteiger partial charge in [-0.2, -0.15) is 0 Å². The van der Waals surface area contributed by atoms with Crippen LogP contribution in [0.2, 0.25) is 0 Å². The summed E-state index contributed by atoms with van der Waals surface area (Å²) in [5.74, 6) is 0.306. The van der Waals surface area contributed by atoms with E-state index < -0.39 is 0 Å². The molecule has 0 heterocycles. The smallest absolute Gasteiger partial charge is 0.338 e. The first-order valence-electron chi connectivity index (χ1n) is 13.6. The van der Waals surface area contributed by atoms with Crippen LogP contribution in [0.15, 0.2) is 48.5 Å². The SMILES string of the molecule is CCCCNc1ccc(C(=O)OCCOCCOCCOCCOCCOCCOc2ccccc2N)cc1. The van der Waals surface area contributed by atoms with Crippen molar-refractivity contribution in [3.05, 3.63) is 54.1 Å². The highest BCUT2D eigenvalue weighted by atomic mass is 16.6. The van der Waals surface area contributed by atoms with Crippen molar-refractivity contribution < 1.29 is 38.0 Å². The zero-order valence-electron chi connectivity index (χ0n) is 23.1. The van der Waals surface area contributed by atoms with Crippen molar-refractivity contribution >= 4 is 17.3 Å². The Bertz CT molecular complexity index is 882. The molecule has 2 aromatic rings. The van der Waals surface area contributed by atoms with Crippen LogP contribution in [-0.2, 0) is 28.4 Å². The Balaban J connectivity index is 1.29. The van der Waals surface area contributed by atoms with E-state index in [-0.39, 0.29) is 12.6 Å². The van der Waals surface area contributed by atoms with E-state index in [1.807, 2.05) is 30.3 Å². The van der Waals surface area contributed by atoms with Crippen LogP contribution in [0.5, 0.6) is 5.75 Å². The fraction of sp³-hybridized carbons (Fsp3) is 0.552. The minimum Gasteiger partial charge on any atom is -0.489 e. The zero-order valence-corrected chi connectivity index (χ0v) is 23.1. The Morgan fingerprint density at radius 2 is 1.21 bits per heavy atom. The third-order valence-electron chi connectivity index (χ3n) is 5.33. The van der Waals surface area contributed by atoms with Crippen LogP contribution in [0, 0.1) is 0 Å². The number of para-hydroxylation sites is 2. The molecule has 0 aliphatic heterocycles. The summed E-state index contributed by atoms with van der Waals surface area (Å²) in [6, 6.07) is 14.7. The number of nitrogen functional groups attached to an aromatic ring is 1. The Morgan fingerprint density at radius 3 is 1.74 bits per heavy atom. The van der Waals surface area contributed by atoms with Gasteiger partial charge in [0.15, 0.2) is 0 Å². The summed E-state index contributed by atoms with van der Waals surface area (Å²) in [5, 5.41) is 3.31. The van der Waals surface area contributed by atoms with E-state index in [0.29, 0.717) is 89.7 Å². The predicted molar refractivity (Wildman–Crippen MR) is 151 cm³/mol. The maximum Gasteiger partial charge on any atom is 0.338 e. The number of carbonyl (C=O) groups excluding carboxylic acids is 1. The fourth-order valence-corrected chi connectivity index (χ4v) is 3.21. The summed E-state index contributed by atoms with van der Waals surface area (Å²) in [5.41, 5.74) is 7.94. The molecule has 0 saturated heterocycles. The van der Waals surface area contributed by atoms with Gasteiger partial charge < -0.3 is 44.2 Å². The molecular formula is C29H44N2O8. The highest BCUT2D eigenvalue weighted by Crippen LogP contribution is 2.19. The molecule has 0 bridgehead atoms. The zero-order chi connectivity index (χ0) is 27.8. The van der Waals surface area contributed by atoms with Gasteiger partial charge in [-0.3, -0.25) is 0 Å². The van der Waals surface area contributed by atoms with Crippen molar-refractivity contribution in [2.24, 2.45) is 0 Å². The number of unbranched alkanes of at least 4 members (excludes halogenated alkanes) is 1. The minimum atomic E-state index is -0.358.